The van der Waals surface area contributed by atoms with Gasteiger partial charge in [-0.1, -0.05) is 26.0 Å². The van der Waals surface area contributed by atoms with E-state index in [2.05, 4.69) is 37.8 Å². The van der Waals surface area contributed by atoms with Crippen molar-refractivity contribution in [3.05, 3.63) is 29.3 Å². The Balaban J connectivity index is 1.81. The van der Waals surface area contributed by atoms with E-state index in [-0.39, 0.29) is 0 Å². The summed E-state index contributed by atoms with van der Waals surface area (Å²) in [6.45, 7) is 11.9. The first-order valence-corrected chi connectivity index (χ1v) is 8.04. The van der Waals surface area contributed by atoms with E-state index in [4.69, 9.17) is 4.74 Å². The van der Waals surface area contributed by atoms with Crippen molar-refractivity contribution < 1.29 is 9.84 Å². The standard InChI is InChI=1S/C18H29NO2/c1-13-5-6-16(4)18(8-13)21-12-17(20)11-19-9-14(2)7-15(3)10-19/h5-6,8,14-15,17,20H,7,9-12H2,1-4H3. The average molecular weight is 291 g/mol. The summed E-state index contributed by atoms with van der Waals surface area (Å²) in [6.07, 6.45) is 0.869. The van der Waals surface area contributed by atoms with Gasteiger partial charge in [0.1, 0.15) is 18.5 Å². The molecule has 0 spiro atoms. The third-order valence-corrected chi connectivity index (χ3v) is 4.19. The highest BCUT2D eigenvalue weighted by atomic mass is 16.5. The minimum absolute atomic E-state index is 0.365. The number of aliphatic hydroxyl groups is 1. The predicted octanol–water partition coefficient (Wildman–Crippen LogP) is 3.02. The monoisotopic (exact) mass is 291 g/mol. The lowest BCUT2D eigenvalue weighted by atomic mass is 9.92. The van der Waals surface area contributed by atoms with E-state index in [0.29, 0.717) is 13.2 Å². The quantitative estimate of drug-likeness (QED) is 0.905. The molecule has 1 N–H and O–H groups in total. The van der Waals surface area contributed by atoms with Gasteiger partial charge in [-0.3, -0.25) is 0 Å². The van der Waals surface area contributed by atoms with E-state index in [0.717, 1.165) is 36.2 Å². The van der Waals surface area contributed by atoms with Gasteiger partial charge >= 0.3 is 0 Å². The number of hydrogen-bond acceptors (Lipinski definition) is 3. The molecule has 0 saturated carbocycles. The topological polar surface area (TPSA) is 32.7 Å². The summed E-state index contributed by atoms with van der Waals surface area (Å²) in [6, 6.07) is 6.17. The molecular weight excluding hydrogens is 262 g/mol. The van der Waals surface area contributed by atoms with Crippen LogP contribution < -0.4 is 4.74 Å². The molecule has 21 heavy (non-hydrogen) atoms. The van der Waals surface area contributed by atoms with Crippen LogP contribution in [0.1, 0.15) is 31.4 Å². The summed E-state index contributed by atoms with van der Waals surface area (Å²) in [7, 11) is 0. The summed E-state index contributed by atoms with van der Waals surface area (Å²) in [5.41, 5.74) is 2.30. The molecule has 1 aromatic carbocycles. The Morgan fingerprint density at radius 3 is 2.57 bits per heavy atom. The lowest BCUT2D eigenvalue weighted by Crippen LogP contribution is -2.44. The molecule has 1 heterocycles. The summed E-state index contributed by atoms with van der Waals surface area (Å²) < 4.78 is 5.80. The molecule has 0 radical (unpaired) electrons. The lowest BCUT2D eigenvalue weighted by Gasteiger charge is -2.35. The Kier molecular flexibility index (Phi) is 5.65. The largest absolute Gasteiger partial charge is 0.491 e. The number of aliphatic hydroxyl groups excluding tert-OH is 1. The minimum atomic E-state index is -0.428. The summed E-state index contributed by atoms with van der Waals surface area (Å²) in [5.74, 6) is 2.33. The summed E-state index contributed by atoms with van der Waals surface area (Å²) in [4.78, 5) is 2.37. The van der Waals surface area contributed by atoms with E-state index in [1.54, 1.807) is 0 Å². The van der Waals surface area contributed by atoms with Crippen molar-refractivity contribution in [2.45, 2.75) is 40.2 Å². The Morgan fingerprint density at radius 2 is 1.90 bits per heavy atom. The van der Waals surface area contributed by atoms with Crippen molar-refractivity contribution in [2.24, 2.45) is 11.8 Å². The Bertz CT molecular complexity index is 451. The molecule has 3 nitrogen and oxygen atoms in total. The number of likely N-dealkylation sites (tertiary alicyclic amines) is 1. The first-order valence-electron chi connectivity index (χ1n) is 8.04. The summed E-state index contributed by atoms with van der Waals surface area (Å²) >= 11 is 0. The number of aryl methyl sites for hydroxylation is 2. The molecule has 1 aliphatic rings. The van der Waals surface area contributed by atoms with E-state index < -0.39 is 6.10 Å². The number of hydrogen-bond donors (Lipinski definition) is 1. The van der Waals surface area contributed by atoms with Gasteiger partial charge in [0, 0.05) is 19.6 Å². The predicted molar refractivity (Wildman–Crippen MR) is 86.8 cm³/mol. The molecule has 0 amide bonds. The molecule has 3 unspecified atom stereocenters. The molecule has 1 aromatic rings. The van der Waals surface area contributed by atoms with Crippen LogP contribution in [0.5, 0.6) is 5.75 Å². The molecule has 0 aliphatic carbocycles. The van der Waals surface area contributed by atoms with Crippen LogP contribution in [0.3, 0.4) is 0 Å². The van der Waals surface area contributed by atoms with E-state index in [1.165, 1.54) is 12.0 Å². The second-order valence-electron chi connectivity index (χ2n) is 6.90. The molecule has 3 atom stereocenters. The Morgan fingerprint density at radius 1 is 1.24 bits per heavy atom. The smallest absolute Gasteiger partial charge is 0.122 e. The van der Waals surface area contributed by atoms with E-state index in [1.807, 2.05) is 13.0 Å². The first-order chi connectivity index (χ1) is 9.94. The maximum Gasteiger partial charge on any atom is 0.122 e. The number of β-amino-alcohol motifs (C(OH)–C–C–N with tert-alkyl or cyclic N) is 1. The Hall–Kier alpha value is -1.06. The normalized spacial score (nSPS) is 24.8. The van der Waals surface area contributed by atoms with Crippen LogP contribution in [-0.4, -0.2) is 42.4 Å². The van der Waals surface area contributed by atoms with Gasteiger partial charge in [0.2, 0.25) is 0 Å². The molecule has 0 aromatic heterocycles. The number of nitrogens with zero attached hydrogens (tertiary/aromatic N) is 1. The lowest BCUT2D eigenvalue weighted by molar-refractivity contribution is 0.0427. The fourth-order valence-electron chi connectivity index (χ4n) is 3.34. The van der Waals surface area contributed by atoms with Crippen LogP contribution in [0.15, 0.2) is 18.2 Å². The van der Waals surface area contributed by atoms with Crippen molar-refractivity contribution in [1.82, 2.24) is 4.90 Å². The van der Waals surface area contributed by atoms with Gasteiger partial charge in [0.15, 0.2) is 0 Å². The second kappa shape index (κ2) is 7.28. The van der Waals surface area contributed by atoms with Gasteiger partial charge in [-0.2, -0.15) is 0 Å². The second-order valence-corrected chi connectivity index (χ2v) is 6.90. The zero-order chi connectivity index (χ0) is 15.4. The van der Waals surface area contributed by atoms with E-state index in [9.17, 15) is 5.11 Å². The number of piperidine rings is 1. The molecular formula is C18H29NO2. The van der Waals surface area contributed by atoms with Crippen molar-refractivity contribution in [3.8, 4) is 5.75 Å². The number of ether oxygens (including phenoxy) is 1. The van der Waals surface area contributed by atoms with Gasteiger partial charge in [-0.05, 0) is 49.3 Å². The van der Waals surface area contributed by atoms with Crippen LogP contribution in [0.4, 0.5) is 0 Å². The maximum absolute atomic E-state index is 10.2. The summed E-state index contributed by atoms with van der Waals surface area (Å²) in [5, 5.41) is 10.2. The maximum atomic E-state index is 10.2. The van der Waals surface area contributed by atoms with Crippen molar-refractivity contribution in [3.63, 3.8) is 0 Å². The molecule has 2 rings (SSSR count). The van der Waals surface area contributed by atoms with E-state index >= 15 is 0 Å². The van der Waals surface area contributed by atoms with Crippen molar-refractivity contribution in [1.29, 1.82) is 0 Å². The van der Waals surface area contributed by atoms with Gasteiger partial charge in [0.25, 0.3) is 0 Å². The number of benzene rings is 1. The van der Waals surface area contributed by atoms with Crippen LogP contribution in [0.2, 0.25) is 0 Å². The zero-order valence-electron chi connectivity index (χ0n) is 13.8. The van der Waals surface area contributed by atoms with Crippen molar-refractivity contribution in [2.75, 3.05) is 26.2 Å². The van der Waals surface area contributed by atoms with Crippen molar-refractivity contribution >= 4 is 0 Å². The molecule has 3 heteroatoms. The van der Waals surface area contributed by atoms with Gasteiger partial charge in [0.05, 0.1) is 0 Å². The molecule has 1 saturated heterocycles. The fraction of sp³-hybridized carbons (Fsp3) is 0.667. The minimum Gasteiger partial charge on any atom is -0.491 e. The van der Waals surface area contributed by atoms with Gasteiger partial charge < -0.3 is 14.7 Å². The first kappa shape index (κ1) is 16.3. The molecule has 0 bridgehead atoms. The Labute approximate surface area is 128 Å². The van der Waals surface area contributed by atoms with Crippen LogP contribution in [0.25, 0.3) is 0 Å². The van der Waals surface area contributed by atoms with Crippen LogP contribution in [-0.2, 0) is 0 Å². The highest BCUT2D eigenvalue weighted by Crippen LogP contribution is 2.22. The van der Waals surface area contributed by atoms with Gasteiger partial charge in [-0.25, -0.2) is 0 Å². The fourth-order valence-corrected chi connectivity index (χ4v) is 3.34. The molecule has 118 valence electrons. The molecule has 1 fully saturated rings. The highest BCUT2D eigenvalue weighted by molar-refractivity contribution is 5.35. The van der Waals surface area contributed by atoms with Gasteiger partial charge in [-0.15, -0.1) is 0 Å². The zero-order valence-corrected chi connectivity index (χ0v) is 13.8. The SMILES string of the molecule is Cc1ccc(C)c(OCC(O)CN2CC(C)CC(C)C2)c1. The highest BCUT2D eigenvalue weighted by Gasteiger charge is 2.23. The van der Waals surface area contributed by atoms with Crippen LogP contribution in [0, 0.1) is 25.7 Å². The third kappa shape index (κ3) is 5.01. The average Bonchev–Trinajstić information content (AvgIpc) is 2.38. The number of rotatable bonds is 5. The van der Waals surface area contributed by atoms with Crippen LogP contribution >= 0.6 is 0 Å². The molecule has 1 aliphatic heterocycles. The third-order valence-electron chi connectivity index (χ3n) is 4.19.